The summed E-state index contributed by atoms with van der Waals surface area (Å²) in [4.78, 5) is 12.4. The van der Waals surface area contributed by atoms with E-state index in [4.69, 9.17) is 28.4 Å². The summed E-state index contributed by atoms with van der Waals surface area (Å²) in [7, 11) is 4.54. The minimum absolute atomic E-state index is 0.0345. The average molecular weight is 459 g/mol. The number of hydrogen-bond donors (Lipinski definition) is 1. The Hall–Kier alpha value is -3.29. The van der Waals surface area contributed by atoms with Crippen molar-refractivity contribution in [1.29, 1.82) is 0 Å². The second-order valence-electron chi connectivity index (χ2n) is 8.41. The molecule has 2 aromatic carbocycles. The van der Waals surface area contributed by atoms with Crippen molar-refractivity contribution < 1.29 is 38.3 Å². The molecular formula is C25H30O8. The SMILES string of the molecule is CCC(=O)OC1c2cc3c(c(OC)c2-c2c(cc(OC)c(OC)c2O)CC(C)C1C)OCO3. The van der Waals surface area contributed by atoms with Crippen LogP contribution in [0.1, 0.15) is 44.4 Å². The molecule has 1 aliphatic heterocycles. The fourth-order valence-corrected chi connectivity index (χ4v) is 4.69. The van der Waals surface area contributed by atoms with Gasteiger partial charge in [0.2, 0.25) is 18.3 Å². The van der Waals surface area contributed by atoms with E-state index in [1.807, 2.05) is 12.1 Å². The molecule has 33 heavy (non-hydrogen) atoms. The maximum absolute atomic E-state index is 12.4. The minimum atomic E-state index is -0.577. The zero-order valence-corrected chi connectivity index (χ0v) is 19.8. The highest BCUT2D eigenvalue weighted by Crippen LogP contribution is 2.58. The summed E-state index contributed by atoms with van der Waals surface area (Å²) >= 11 is 0. The quantitative estimate of drug-likeness (QED) is 0.648. The van der Waals surface area contributed by atoms with Gasteiger partial charge in [-0.25, -0.2) is 0 Å². The summed E-state index contributed by atoms with van der Waals surface area (Å²) in [6.45, 7) is 5.97. The Balaban J connectivity index is 2.12. The topological polar surface area (TPSA) is 92.7 Å². The van der Waals surface area contributed by atoms with Crippen LogP contribution in [0.3, 0.4) is 0 Å². The van der Waals surface area contributed by atoms with Crippen molar-refractivity contribution in [1.82, 2.24) is 0 Å². The molecule has 0 saturated heterocycles. The highest BCUT2D eigenvalue weighted by atomic mass is 16.7. The highest BCUT2D eigenvalue weighted by Gasteiger charge is 2.39. The maximum atomic E-state index is 12.4. The van der Waals surface area contributed by atoms with Crippen LogP contribution in [-0.2, 0) is 16.0 Å². The van der Waals surface area contributed by atoms with E-state index >= 15 is 0 Å². The third-order valence-corrected chi connectivity index (χ3v) is 6.60. The third-order valence-electron chi connectivity index (χ3n) is 6.60. The molecule has 3 unspecified atom stereocenters. The first kappa shape index (κ1) is 22.9. The maximum Gasteiger partial charge on any atom is 0.306 e. The zero-order chi connectivity index (χ0) is 23.9. The van der Waals surface area contributed by atoms with Crippen LogP contribution < -0.4 is 23.7 Å². The van der Waals surface area contributed by atoms with Crippen molar-refractivity contribution >= 4 is 5.97 Å². The largest absolute Gasteiger partial charge is 0.504 e. The van der Waals surface area contributed by atoms with Gasteiger partial charge in [-0.05, 0) is 30.0 Å². The lowest BCUT2D eigenvalue weighted by Gasteiger charge is -2.34. The van der Waals surface area contributed by atoms with Gasteiger partial charge >= 0.3 is 5.97 Å². The molecule has 4 rings (SSSR count). The van der Waals surface area contributed by atoms with E-state index in [2.05, 4.69) is 13.8 Å². The Morgan fingerprint density at radius 1 is 1.06 bits per heavy atom. The molecule has 1 aliphatic carbocycles. The van der Waals surface area contributed by atoms with Gasteiger partial charge in [-0.3, -0.25) is 4.79 Å². The van der Waals surface area contributed by atoms with Gasteiger partial charge in [0, 0.05) is 29.0 Å². The second-order valence-corrected chi connectivity index (χ2v) is 8.41. The second kappa shape index (κ2) is 8.92. The molecular weight excluding hydrogens is 428 g/mol. The molecule has 8 heteroatoms. The smallest absolute Gasteiger partial charge is 0.306 e. The number of benzene rings is 2. The molecule has 0 amide bonds. The molecule has 3 atom stereocenters. The lowest BCUT2D eigenvalue weighted by Crippen LogP contribution is -2.26. The van der Waals surface area contributed by atoms with Crippen LogP contribution in [0.5, 0.6) is 34.5 Å². The summed E-state index contributed by atoms with van der Waals surface area (Å²) in [5.41, 5.74) is 2.67. The van der Waals surface area contributed by atoms with E-state index in [0.717, 1.165) is 5.56 Å². The normalized spacial score (nSPS) is 20.7. The van der Waals surface area contributed by atoms with Crippen molar-refractivity contribution in [2.45, 2.75) is 39.7 Å². The average Bonchev–Trinajstić information content (AvgIpc) is 3.28. The van der Waals surface area contributed by atoms with E-state index in [1.165, 1.54) is 21.3 Å². The summed E-state index contributed by atoms with van der Waals surface area (Å²) in [6.07, 6.45) is 0.287. The Labute approximate surface area is 193 Å². The van der Waals surface area contributed by atoms with Gasteiger partial charge in [-0.2, -0.15) is 0 Å². The van der Waals surface area contributed by atoms with Gasteiger partial charge in [-0.15, -0.1) is 0 Å². The van der Waals surface area contributed by atoms with Crippen molar-refractivity contribution in [2.75, 3.05) is 28.1 Å². The molecule has 0 aromatic heterocycles. The molecule has 0 radical (unpaired) electrons. The van der Waals surface area contributed by atoms with Crippen molar-refractivity contribution in [2.24, 2.45) is 11.8 Å². The predicted octanol–water partition coefficient (Wildman–Crippen LogP) is 4.64. The fraction of sp³-hybridized carbons (Fsp3) is 0.480. The molecule has 8 nitrogen and oxygen atoms in total. The van der Waals surface area contributed by atoms with Crippen LogP contribution in [0, 0.1) is 11.8 Å². The predicted molar refractivity (Wildman–Crippen MR) is 120 cm³/mol. The fourth-order valence-electron chi connectivity index (χ4n) is 4.69. The summed E-state index contributed by atoms with van der Waals surface area (Å²) < 4.78 is 34.1. The van der Waals surface area contributed by atoms with Crippen LogP contribution in [0.25, 0.3) is 11.1 Å². The number of rotatable bonds is 5. The van der Waals surface area contributed by atoms with Crippen molar-refractivity contribution in [3.05, 3.63) is 23.3 Å². The van der Waals surface area contributed by atoms with Gasteiger partial charge < -0.3 is 33.5 Å². The van der Waals surface area contributed by atoms with Crippen molar-refractivity contribution in [3.8, 4) is 45.6 Å². The first-order valence-electron chi connectivity index (χ1n) is 11.0. The zero-order valence-electron chi connectivity index (χ0n) is 19.8. The summed E-state index contributed by atoms with van der Waals surface area (Å²) in [5, 5.41) is 11.4. The Morgan fingerprint density at radius 2 is 1.79 bits per heavy atom. The number of hydrogen-bond acceptors (Lipinski definition) is 8. The van der Waals surface area contributed by atoms with Gasteiger partial charge in [0.15, 0.2) is 23.0 Å². The first-order valence-corrected chi connectivity index (χ1v) is 11.0. The summed E-state index contributed by atoms with van der Waals surface area (Å²) in [5.74, 6) is 1.70. The van der Waals surface area contributed by atoms with Crippen LogP contribution in [-0.4, -0.2) is 39.2 Å². The van der Waals surface area contributed by atoms with E-state index in [0.29, 0.717) is 46.1 Å². The molecule has 1 heterocycles. The number of phenols is 1. The van der Waals surface area contributed by atoms with Gasteiger partial charge in [0.25, 0.3) is 0 Å². The van der Waals surface area contributed by atoms with Gasteiger partial charge in [0.1, 0.15) is 6.10 Å². The van der Waals surface area contributed by atoms with E-state index in [1.54, 1.807) is 6.92 Å². The van der Waals surface area contributed by atoms with Crippen LogP contribution in [0.4, 0.5) is 0 Å². The number of carbonyl (C=O) groups excluding carboxylic acids is 1. The number of fused-ring (bicyclic) bond motifs is 4. The van der Waals surface area contributed by atoms with Gasteiger partial charge in [-0.1, -0.05) is 20.8 Å². The highest BCUT2D eigenvalue weighted by molar-refractivity contribution is 5.88. The number of methoxy groups -OCH3 is 3. The van der Waals surface area contributed by atoms with E-state index < -0.39 is 6.10 Å². The number of aromatic hydroxyl groups is 1. The Morgan fingerprint density at radius 3 is 2.42 bits per heavy atom. The molecule has 0 saturated carbocycles. The van der Waals surface area contributed by atoms with Crippen LogP contribution >= 0.6 is 0 Å². The van der Waals surface area contributed by atoms with E-state index in [-0.39, 0.29) is 42.5 Å². The van der Waals surface area contributed by atoms with Crippen LogP contribution in [0.15, 0.2) is 12.1 Å². The minimum Gasteiger partial charge on any atom is -0.504 e. The van der Waals surface area contributed by atoms with Crippen molar-refractivity contribution in [3.63, 3.8) is 0 Å². The lowest BCUT2D eigenvalue weighted by molar-refractivity contribution is -0.152. The first-order chi connectivity index (χ1) is 15.9. The number of ether oxygens (including phenoxy) is 6. The van der Waals surface area contributed by atoms with E-state index in [9.17, 15) is 9.90 Å². The number of phenolic OH excluding ortho intramolecular Hbond substituents is 1. The Kier molecular flexibility index (Phi) is 6.19. The Bertz CT molecular complexity index is 1080. The van der Waals surface area contributed by atoms with Gasteiger partial charge in [0.05, 0.1) is 21.3 Å². The molecule has 0 spiro atoms. The number of carbonyl (C=O) groups is 1. The van der Waals surface area contributed by atoms with Crippen LogP contribution in [0.2, 0.25) is 0 Å². The standard InChI is InChI=1S/C25H30O8/c1-7-18(26)33-22-13(3)12(2)8-14-9-16(28-4)23(29-5)21(27)19(14)20-15(22)10-17-24(25(20)30-6)32-11-31-17/h9-10,12-13,22,27H,7-8,11H2,1-6H3. The molecule has 178 valence electrons. The third kappa shape index (κ3) is 3.67. The molecule has 1 N–H and O–H groups in total. The lowest BCUT2D eigenvalue weighted by atomic mass is 9.76. The molecule has 0 fully saturated rings. The summed E-state index contributed by atoms with van der Waals surface area (Å²) in [6, 6.07) is 3.70. The molecule has 2 aromatic rings. The molecule has 0 bridgehead atoms. The monoisotopic (exact) mass is 458 g/mol. The number of esters is 1. The molecule has 2 aliphatic rings.